The lowest BCUT2D eigenvalue weighted by Crippen LogP contribution is -2.48. The number of carboxylic acids is 1. The highest BCUT2D eigenvalue weighted by atomic mass is 16.5. The zero-order valence-electron chi connectivity index (χ0n) is 22.6. The van der Waals surface area contributed by atoms with Crippen molar-refractivity contribution in [3.8, 4) is 0 Å². The van der Waals surface area contributed by atoms with Gasteiger partial charge in [-0.2, -0.15) is 0 Å². The third-order valence-electron chi connectivity index (χ3n) is 7.35. The molecular weight excluding hydrogens is 444 g/mol. The van der Waals surface area contributed by atoms with Gasteiger partial charge in [-0.25, -0.2) is 0 Å². The number of ether oxygens (including phenoxy) is 1. The fraction of sp³-hybridized carbons (Fsp3) is 0.690. The highest BCUT2D eigenvalue weighted by Gasteiger charge is 2.55. The van der Waals surface area contributed by atoms with Crippen molar-refractivity contribution < 1.29 is 29.3 Å². The van der Waals surface area contributed by atoms with E-state index in [1.54, 1.807) is 13.8 Å². The first kappa shape index (κ1) is 28.9. The molecule has 0 bridgehead atoms. The maximum absolute atomic E-state index is 14.1. The molecule has 1 heterocycles. The summed E-state index contributed by atoms with van der Waals surface area (Å²) in [4.78, 5) is 39.8. The Labute approximate surface area is 210 Å². The molecule has 0 aromatic heterocycles. The van der Waals surface area contributed by atoms with E-state index in [4.69, 9.17) is 4.74 Å². The molecule has 35 heavy (non-hydrogen) atoms. The average molecular weight is 489 g/mol. The van der Waals surface area contributed by atoms with Gasteiger partial charge in [0.05, 0.1) is 17.3 Å². The minimum absolute atomic E-state index is 0.00751. The van der Waals surface area contributed by atoms with E-state index < -0.39 is 35.1 Å². The summed E-state index contributed by atoms with van der Waals surface area (Å²) in [5, 5.41) is 21.8. The van der Waals surface area contributed by atoms with Crippen LogP contribution in [0.3, 0.4) is 0 Å². The summed E-state index contributed by atoms with van der Waals surface area (Å²) in [6.45, 7) is 13.4. The first-order valence-corrected chi connectivity index (χ1v) is 13.2. The number of aliphatic hydroxyl groups excluding tert-OH is 1. The fourth-order valence-electron chi connectivity index (χ4n) is 5.39. The van der Waals surface area contributed by atoms with Crippen LogP contribution in [0.15, 0.2) is 34.3 Å². The van der Waals surface area contributed by atoms with Gasteiger partial charge in [-0.1, -0.05) is 58.6 Å². The molecule has 0 radical (unpaired) electrons. The Balaban J connectivity index is 2.63. The number of Topliss-reactive ketones (excluding diaryl/α,β-unsaturated/α-hetero) is 2. The molecule has 0 saturated heterocycles. The molecule has 2 aliphatic rings. The van der Waals surface area contributed by atoms with Crippen molar-refractivity contribution in [1.29, 1.82) is 0 Å². The summed E-state index contributed by atoms with van der Waals surface area (Å²) in [5.74, 6) is -3.52. The molecule has 196 valence electrons. The molecular formula is C29H44O6. The molecule has 4 unspecified atom stereocenters. The summed E-state index contributed by atoms with van der Waals surface area (Å²) in [6.07, 6.45) is 6.74. The Morgan fingerprint density at radius 3 is 2.34 bits per heavy atom. The second kappa shape index (κ2) is 12.0. The van der Waals surface area contributed by atoms with Crippen molar-refractivity contribution in [3.63, 3.8) is 0 Å². The van der Waals surface area contributed by atoms with Crippen molar-refractivity contribution in [3.05, 3.63) is 34.3 Å². The minimum atomic E-state index is -1.31. The number of aliphatic carboxylic acids is 1. The number of carboxylic acid groups (broad SMARTS) is 1. The van der Waals surface area contributed by atoms with Crippen LogP contribution in [0.5, 0.6) is 0 Å². The van der Waals surface area contributed by atoms with E-state index in [2.05, 4.69) is 19.9 Å². The van der Waals surface area contributed by atoms with Gasteiger partial charge >= 0.3 is 5.97 Å². The first-order valence-electron chi connectivity index (χ1n) is 13.2. The van der Waals surface area contributed by atoms with Crippen molar-refractivity contribution in [2.24, 2.45) is 23.2 Å². The van der Waals surface area contributed by atoms with E-state index in [-0.39, 0.29) is 40.8 Å². The third-order valence-corrected chi connectivity index (χ3v) is 7.35. The second-order valence-corrected chi connectivity index (χ2v) is 11.0. The Hall–Kier alpha value is -2.37. The van der Waals surface area contributed by atoms with E-state index in [0.717, 1.165) is 19.3 Å². The Morgan fingerprint density at radius 2 is 1.80 bits per heavy atom. The standard InChI is InChI=1S/C29H44O6/c1-8-13-21(28(33)34)22-25-23(24(30)19(6)20(7)35-25)27(32)29(26(22)31,16-18(4)5)15-12-10-9-11-14-17(2)3/h14,18-21,31H,8-13,15-16H2,1-7H3,(H,33,34). The van der Waals surface area contributed by atoms with Crippen LogP contribution in [0, 0.1) is 23.2 Å². The molecule has 6 heteroatoms. The minimum Gasteiger partial charge on any atom is -0.511 e. The van der Waals surface area contributed by atoms with E-state index in [1.165, 1.54) is 5.57 Å². The summed E-state index contributed by atoms with van der Waals surface area (Å²) >= 11 is 0. The molecule has 1 aliphatic carbocycles. The predicted molar refractivity (Wildman–Crippen MR) is 137 cm³/mol. The van der Waals surface area contributed by atoms with Crippen LogP contribution in [-0.4, -0.2) is 33.9 Å². The topological polar surface area (TPSA) is 101 Å². The Morgan fingerprint density at radius 1 is 1.14 bits per heavy atom. The normalized spacial score (nSPS) is 25.5. The van der Waals surface area contributed by atoms with Crippen molar-refractivity contribution in [2.75, 3.05) is 0 Å². The maximum atomic E-state index is 14.1. The van der Waals surface area contributed by atoms with Gasteiger partial charge in [-0.3, -0.25) is 14.4 Å². The van der Waals surface area contributed by atoms with Gasteiger partial charge in [0.25, 0.3) is 0 Å². The molecule has 0 aromatic rings. The number of hydrogen-bond acceptors (Lipinski definition) is 5. The van der Waals surface area contributed by atoms with E-state index in [9.17, 15) is 24.6 Å². The van der Waals surface area contributed by atoms with Crippen molar-refractivity contribution in [1.82, 2.24) is 0 Å². The van der Waals surface area contributed by atoms with Crippen LogP contribution in [-0.2, 0) is 19.1 Å². The lowest BCUT2D eigenvalue weighted by atomic mass is 9.62. The quantitative estimate of drug-likeness (QED) is 0.180. The maximum Gasteiger partial charge on any atom is 0.311 e. The SMILES string of the molecule is CCCC(C(=O)O)C1=C(O)C(CCCCCC=C(C)C)(CC(C)C)C(=O)C2=C1OC(C)C(C)C2=O. The zero-order valence-corrected chi connectivity index (χ0v) is 22.6. The Bertz CT molecular complexity index is 917. The van der Waals surface area contributed by atoms with Crippen LogP contribution < -0.4 is 0 Å². The lowest BCUT2D eigenvalue weighted by Gasteiger charge is -2.43. The largest absolute Gasteiger partial charge is 0.511 e. The molecule has 0 aromatic carbocycles. The molecule has 2 N–H and O–H groups in total. The number of aliphatic hydroxyl groups is 1. The van der Waals surface area contributed by atoms with Gasteiger partial charge in [0.15, 0.2) is 11.6 Å². The van der Waals surface area contributed by atoms with Crippen LogP contribution in [0.4, 0.5) is 0 Å². The summed E-state index contributed by atoms with van der Waals surface area (Å²) < 4.78 is 6.03. The molecule has 0 fully saturated rings. The summed E-state index contributed by atoms with van der Waals surface area (Å²) in [5.41, 5.74) is 0.0463. The fourth-order valence-corrected chi connectivity index (χ4v) is 5.39. The van der Waals surface area contributed by atoms with Crippen molar-refractivity contribution in [2.45, 2.75) is 106 Å². The molecule has 0 spiro atoms. The van der Waals surface area contributed by atoms with Crippen LogP contribution in [0.25, 0.3) is 0 Å². The number of ketones is 2. The number of unbranched alkanes of at least 4 members (excludes halogenated alkanes) is 3. The number of allylic oxidation sites excluding steroid dienone is 5. The smallest absolute Gasteiger partial charge is 0.311 e. The van der Waals surface area contributed by atoms with Gasteiger partial charge in [-0.15, -0.1) is 0 Å². The highest BCUT2D eigenvalue weighted by molar-refractivity contribution is 6.25. The lowest BCUT2D eigenvalue weighted by molar-refractivity contribution is -0.142. The average Bonchev–Trinajstić information content (AvgIpc) is 2.76. The van der Waals surface area contributed by atoms with Crippen LogP contribution >= 0.6 is 0 Å². The Kier molecular flexibility index (Phi) is 9.94. The highest BCUT2D eigenvalue weighted by Crippen LogP contribution is 2.52. The molecule has 1 aliphatic heterocycles. The second-order valence-electron chi connectivity index (χ2n) is 11.0. The third kappa shape index (κ3) is 6.07. The summed E-state index contributed by atoms with van der Waals surface area (Å²) in [6, 6.07) is 0. The van der Waals surface area contributed by atoms with Gasteiger partial charge in [0.1, 0.15) is 23.2 Å². The first-order chi connectivity index (χ1) is 16.4. The number of rotatable bonds is 12. The van der Waals surface area contributed by atoms with Gasteiger partial charge in [-0.05, 0) is 58.8 Å². The van der Waals surface area contributed by atoms with Gasteiger partial charge in [0.2, 0.25) is 0 Å². The number of carbonyl (C=O) groups is 3. The summed E-state index contributed by atoms with van der Waals surface area (Å²) in [7, 11) is 0. The predicted octanol–water partition coefficient (Wildman–Crippen LogP) is 6.71. The molecule has 6 nitrogen and oxygen atoms in total. The van der Waals surface area contributed by atoms with Crippen LogP contribution in [0.1, 0.15) is 99.8 Å². The number of hydrogen-bond donors (Lipinski definition) is 2. The van der Waals surface area contributed by atoms with E-state index in [0.29, 0.717) is 25.7 Å². The van der Waals surface area contributed by atoms with Crippen molar-refractivity contribution >= 4 is 17.5 Å². The zero-order chi connectivity index (χ0) is 26.5. The van der Waals surface area contributed by atoms with Crippen LogP contribution in [0.2, 0.25) is 0 Å². The molecule has 0 amide bonds. The monoisotopic (exact) mass is 488 g/mol. The molecule has 0 saturated carbocycles. The number of carbonyl (C=O) groups excluding carboxylic acids is 2. The van der Waals surface area contributed by atoms with E-state index >= 15 is 0 Å². The van der Waals surface area contributed by atoms with E-state index in [1.807, 2.05) is 20.8 Å². The van der Waals surface area contributed by atoms with Gasteiger partial charge in [0, 0.05) is 5.57 Å². The van der Waals surface area contributed by atoms with Gasteiger partial charge < -0.3 is 14.9 Å². The molecule has 4 atom stereocenters. The molecule has 2 rings (SSSR count).